The molecule has 1 spiro atoms. The van der Waals surface area contributed by atoms with Crippen molar-refractivity contribution >= 4 is 43.1 Å². The summed E-state index contributed by atoms with van der Waals surface area (Å²) in [5.74, 6) is -1.43. The van der Waals surface area contributed by atoms with Gasteiger partial charge in [0, 0.05) is 47.9 Å². The van der Waals surface area contributed by atoms with Crippen LogP contribution in [0.25, 0.3) is 0 Å². The van der Waals surface area contributed by atoms with Gasteiger partial charge >= 0.3 is 0 Å². The summed E-state index contributed by atoms with van der Waals surface area (Å²) in [5, 5.41) is 28.0. The monoisotopic (exact) mass is 679 g/mol. The van der Waals surface area contributed by atoms with Crippen LogP contribution in [0.4, 0.5) is 17.1 Å². The largest absolute Gasteiger partial charge is 0.432 e. The summed E-state index contributed by atoms with van der Waals surface area (Å²) < 4.78 is 6.73. The summed E-state index contributed by atoms with van der Waals surface area (Å²) in [5.41, 5.74) is -0.252. The van der Waals surface area contributed by atoms with Crippen LogP contribution in [0.15, 0.2) is 42.5 Å². The number of non-ortho nitro benzene ring substituents is 1. The zero-order valence-corrected chi connectivity index (χ0v) is 28.7. The lowest BCUT2D eigenvalue weighted by molar-refractivity contribution is -0.385. The number of hydrogen-bond donors (Lipinski definition) is 4. The van der Waals surface area contributed by atoms with E-state index in [1.165, 1.54) is 12.1 Å². The Morgan fingerprint density at radius 1 is 1.19 bits per heavy atom. The molecule has 13 nitrogen and oxygen atoms in total. The van der Waals surface area contributed by atoms with Gasteiger partial charge in [-0.15, -0.1) is 0 Å². The molecule has 3 saturated heterocycles. The molecular formula is C34H45N5O8Si. The number of likely N-dealkylation sites (tertiary alicyclic amines) is 1. The van der Waals surface area contributed by atoms with E-state index >= 15 is 0 Å². The third-order valence-electron chi connectivity index (χ3n) is 10.7. The molecule has 258 valence electrons. The van der Waals surface area contributed by atoms with Crippen LogP contribution in [-0.4, -0.2) is 84.2 Å². The number of aliphatic hydroxyl groups is 1. The Hall–Kier alpha value is -3.69. The number of fused-ring (bicyclic) bond motifs is 2. The van der Waals surface area contributed by atoms with Crippen molar-refractivity contribution in [3.8, 4) is 0 Å². The number of nitro groups is 1. The van der Waals surface area contributed by atoms with Crippen LogP contribution >= 0.6 is 0 Å². The highest BCUT2D eigenvalue weighted by molar-refractivity contribution is 6.71. The standard InChI is InChI=1S/C34H45N5O8Si/c1-21-31(48(2,3)46)29(17-30(41)37-14-6-10-26(37)20-40)47-34(21)27-16-25(39(44)45)11-12-28(27)38(33(34)43)19-22-7-4-9-24(15-22)36-32(42)23-8-5-13-35-18-23/h4,7,9,11-12,15-16,21,23,26,29,31,35,40,46H,5-6,8,10,13-14,17-20H2,1-3H3,(H,36,42)/t21-,23?,26+,29+,31-,34+/m1/s1. The minimum atomic E-state index is -3.09. The Labute approximate surface area is 280 Å². The maximum Gasteiger partial charge on any atom is 0.269 e. The summed E-state index contributed by atoms with van der Waals surface area (Å²) in [4.78, 5) is 67.5. The first-order valence-corrected chi connectivity index (χ1v) is 19.9. The summed E-state index contributed by atoms with van der Waals surface area (Å²) in [6.45, 7) is 7.34. The molecule has 3 amide bonds. The van der Waals surface area contributed by atoms with Gasteiger partial charge in [0.15, 0.2) is 13.9 Å². The lowest BCUT2D eigenvalue weighted by Crippen LogP contribution is -2.46. The zero-order valence-electron chi connectivity index (χ0n) is 27.7. The van der Waals surface area contributed by atoms with Crippen LogP contribution in [0.5, 0.6) is 0 Å². The minimum absolute atomic E-state index is 0.0666. The second-order valence-corrected chi connectivity index (χ2v) is 18.2. The van der Waals surface area contributed by atoms with Gasteiger partial charge in [0.05, 0.1) is 48.2 Å². The average molecular weight is 680 g/mol. The van der Waals surface area contributed by atoms with Gasteiger partial charge in [-0.25, -0.2) is 0 Å². The maximum atomic E-state index is 14.8. The predicted octanol–water partition coefficient (Wildman–Crippen LogP) is 3.25. The number of ether oxygens (including phenoxy) is 1. The maximum absolute atomic E-state index is 14.8. The van der Waals surface area contributed by atoms with Crippen molar-refractivity contribution in [2.45, 2.75) is 82.0 Å². The fraction of sp³-hybridized carbons (Fsp3) is 0.559. The van der Waals surface area contributed by atoms with Crippen molar-refractivity contribution in [3.05, 3.63) is 63.7 Å². The highest BCUT2D eigenvalue weighted by Crippen LogP contribution is 2.60. The SMILES string of the molecule is C[C@@H]1[C@@H]([Si](C)(C)O)[C@H](CC(=O)N2CCC[C@H]2CO)O[C@@]12C(=O)N(Cc1cccc(NC(=O)C3CCCNC3)c1)c1ccc([N+](=O)[O-])cc12. The van der Waals surface area contributed by atoms with Gasteiger partial charge in [-0.1, -0.05) is 19.1 Å². The molecule has 0 radical (unpaired) electrons. The van der Waals surface area contributed by atoms with Crippen molar-refractivity contribution in [2.75, 3.05) is 36.5 Å². The number of hydrogen-bond acceptors (Lipinski definition) is 9. The van der Waals surface area contributed by atoms with Crippen molar-refractivity contribution in [1.82, 2.24) is 10.2 Å². The molecule has 2 aromatic carbocycles. The molecule has 0 saturated carbocycles. The number of carbonyl (C=O) groups excluding carboxylic acids is 3. The topological polar surface area (TPSA) is 175 Å². The van der Waals surface area contributed by atoms with E-state index in [-0.39, 0.29) is 49.0 Å². The molecular weight excluding hydrogens is 634 g/mol. The number of carbonyl (C=O) groups is 3. The minimum Gasteiger partial charge on any atom is -0.432 e. The highest BCUT2D eigenvalue weighted by Gasteiger charge is 2.66. The van der Waals surface area contributed by atoms with E-state index in [1.54, 1.807) is 41.1 Å². The van der Waals surface area contributed by atoms with Gasteiger partial charge in [-0.3, -0.25) is 24.5 Å². The molecule has 6 rings (SSSR count). The number of benzene rings is 2. The molecule has 2 aromatic rings. The third kappa shape index (κ3) is 6.15. The van der Waals surface area contributed by atoms with Gasteiger partial charge in [-0.2, -0.15) is 0 Å². The fourth-order valence-corrected chi connectivity index (χ4v) is 11.0. The van der Waals surface area contributed by atoms with E-state index in [9.17, 15) is 34.4 Å². The Morgan fingerprint density at radius 3 is 2.67 bits per heavy atom. The van der Waals surface area contributed by atoms with Crippen molar-refractivity contribution in [3.63, 3.8) is 0 Å². The molecule has 4 aliphatic heterocycles. The van der Waals surface area contributed by atoms with Crippen LogP contribution in [0.1, 0.15) is 50.2 Å². The molecule has 14 heteroatoms. The number of aliphatic hydroxyl groups excluding tert-OH is 1. The predicted molar refractivity (Wildman–Crippen MR) is 181 cm³/mol. The number of nitro benzene ring substituents is 1. The normalized spacial score (nSPS) is 28.6. The number of nitrogens with one attached hydrogen (secondary N) is 2. The Bertz CT molecular complexity index is 1590. The first-order chi connectivity index (χ1) is 22.8. The van der Waals surface area contributed by atoms with E-state index in [4.69, 9.17) is 4.74 Å². The van der Waals surface area contributed by atoms with Gasteiger partial charge in [0.2, 0.25) is 11.8 Å². The molecule has 0 bridgehead atoms. The Kier molecular flexibility index (Phi) is 9.48. The van der Waals surface area contributed by atoms with Crippen molar-refractivity contribution in [2.24, 2.45) is 11.8 Å². The van der Waals surface area contributed by atoms with Gasteiger partial charge < -0.3 is 35.1 Å². The Balaban J connectivity index is 1.33. The molecule has 0 aliphatic carbocycles. The number of rotatable bonds is 9. The third-order valence-corrected chi connectivity index (χ3v) is 13.2. The number of piperidine rings is 1. The van der Waals surface area contributed by atoms with Crippen molar-refractivity contribution in [1.29, 1.82) is 0 Å². The Morgan fingerprint density at radius 2 is 1.98 bits per heavy atom. The summed E-state index contributed by atoms with van der Waals surface area (Å²) in [7, 11) is -3.09. The second kappa shape index (κ2) is 13.3. The van der Waals surface area contributed by atoms with Crippen LogP contribution in [0.3, 0.4) is 0 Å². The summed E-state index contributed by atoms with van der Waals surface area (Å²) in [6, 6.07) is 11.3. The highest BCUT2D eigenvalue weighted by atomic mass is 28.4. The van der Waals surface area contributed by atoms with E-state index in [0.29, 0.717) is 36.4 Å². The molecule has 0 aromatic heterocycles. The molecule has 4 aliphatic rings. The zero-order chi connectivity index (χ0) is 34.4. The number of nitrogens with zero attached hydrogens (tertiary/aromatic N) is 3. The number of amides is 3. The summed E-state index contributed by atoms with van der Waals surface area (Å²) in [6.07, 6.45) is 2.32. The molecule has 48 heavy (non-hydrogen) atoms. The fourth-order valence-electron chi connectivity index (χ4n) is 8.43. The first-order valence-electron chi connectivity index (χ1n) is 16.9. The average Bonchev–Trinajstić information content (AvgIpc) is 3.72. The van der Waals surface area contributed by atoms with E-state index in [1.807, 2.05) is 19.1 Å². The van der Waals surface area contributed by atoms with E-state index < -0.39 is 42.3 Å². The molecule has 3 fully saturated rings. The van der Waals surface area contributed by atoms with Crippen molar-refractivity contribution < 1.29 is 33.9 Å². The summed E-state index contributed by atoms with van der Waals surface area (Å²) >= 11 is 0. The molecule has 4 N–H and O–H groups in total. The van der Waals surface area contributed by atoms with Crippen LogP contribution in [0, 0.1) is 22.0 Å². The smallest absolute Gasteiger partial charge is 0.269 e. The molecule has 6 atom stereocenters. The second-order valence-electron chi connectivity index (χ2n) is 14.2. The molecule has 1 unspecified atom stereocenters. The van der Waals surface area contributed by atoms with Crippen LogP contribution < -0.4 is 15.5 Å². The van der Waals surface area contributed by atoms with E-state index in [0.717, 1.165) is 31.4 Å². The number of anilines is 2. The van der Waals surface area contributed by atoms with Crippen LogP contribution in [-0.2, 0) is 31.3 Å². The lowest BCUT2D eigenvalue weighted by Gasteiger charge is -2.32. The quantitative estimate of drug-likeness (QED) is 0.176. The van der Waals surface area contributed by atoms with Gasteiger partial charge in [0.25, 0.3) is 11.6 Å². The molecule has 4 heterocycles. The first kappa shape index (κ1) is 34.2. The lowest BCUT2D eigenvalue weighted by atomic mass is 9.82. The van der Waals surface area contributed by atoms with E-state index in [2.05, 4.69) is 10.6 Å². The van der Waals surface area contributed by atoms with Gasteiger partial charge in [0.1, 0.15) is 0 Å². The van der Waals surface area contributed by atoms with Gasteiger partial charge in [-0.05, 0) is 69.1 Å². The van der Waals surface area contributed by atoms with Crippen LogP contribution in [0.2, 0.25) is 18.6 Å².